The summed E-state index contributed by atoms with van der Waals surface area (Å²) in [5.41, 5.74) is 1.12. The van der Waals surface area contributed by atoms with Crippen molar-refractivity contribution >= 4 is 39.3 Å². The summed E-state index contributed by atoms with van der Waals surface area (Å²) in [4.78, 5) is 8.77. The van der Waals surface area contributed by atoms with E-state index in [2.05, 4.69) is 25.9 Å². The average molecular weight is 344 g/mol. The molecule has 0 amide bonds. The minimum absolute atomic E-state index is 0.800. The minimum atomic E-state index is 0.800. The summed E-state index contributed by atoms with van der Waals surface area (Å²) in [5.74, 6) is 1.66. The molecule has 0 saturated carbocycles. The van der Waals surface area contributed by atoms with Crippen LogP contribution in [0.5, 0.6) is 0 Å². The molecule has 0 unspecified atom stereocenters. The van der Waals surface area contributed by atoms with Gasteiger partial charge in [0.15, 0.2) is 0 Å². The van der Waals surface area contributed by atoms with Gasteiger partial charge < -0.3 is 0 Å². The molecule has 0 radical (unpaired) electrons. The Morgan fingerprint density at radius 1 is 1.28 bits per heavy atom. The zero-order valence-corrected chi connectivity index (χ0v) is 13.0. The van der Waals surface area contributed by atoms with Crippen LogP contribution < -0.4 is 0 Å². The predicted molar refractivity (Wildman–Crippen MR) is 80.1 cm³/mol. The van der Waals surface area contributed by atoms with Crippen LogP contribution in [0.1, 0.15) is 18.3 Å². The van der Waals surface area contributed by atoms with Gasteiger partial charge in [0.1, 0.15) is 15.5 Å². The molecule has 0 aliphatic carbocycles. The number of aryl methyl sites for hydroxylation is 1. The molecule has 1 aromatic heterocycles. The molecule has 0 aliphatic rings. The fraction of sp³-hybridized carbons (Fsp3) is 0.231. The number of nitrogens with zero attached hydrogens (tertiary/aromatic N) is 2. The molecule has 18 heavy (non-hydrogen) atoms. The van der Waals surface area contributed by atoms with Gasteiger partial charge in [-0.1, -0.05) is 36.7 Å². The first-order valence-electron chi connectivity index (χ1n) is 5.58. The van der Waals surface area contributed by atoms with Crippen LogP contribution in [0, 0.1) is 0 Å². The average Bonchev–Trinajstić information content (AvgIpc) is 2.37. The van der Waals surface area contributed by atoms with Crippen LogP contribution in [0.4, 0.5) is 0 Å². The van der Waals surface area contributed by atoms with Crippen molar-refractivity contribution in [3.05, 3.63) is 51.3 Å². The van der Waals surface area contributed by atoms with Crippen molar-refractivity contribution in [2.45, 2.75) is 24.1 Å². The van der Waals surface area contributed by atoms with Crippen molar-refractivity contribution in [3.8, 4) is 0 Å². The van der Waals surface area contributed by atoms with E-state index >= 15 is 0 Å². The molecule has 2 aromatic rings. The summed E-state index contributed by atoms with van der Waals surface area (Å²) >= 11 is 11.2. The summed E-state index contributed by atoms with van der Waals surface area (Å²) in [6, 6.07) is 9.81. The summed E-state index contributed by atoms with van der Waals surface area (Å²) in [6.07, 6.45) is 0.832. The second kappa shape index (κ2) is 6.55. The first-order valence-corrected chi connectivity index (χ1v) is 7.74. The molecule has 5 heteroatoms. The molecule has 0 bridgehead atoms. The summed E-state index contributed by atoms with van der Waals surface area (Å²) < 4.78 is 0.830. The van der Waals surface area contributed by atoms with Gasteiger partial charge in [0.05, 0.1) is 0 Å². The van der Waals surface area contributed by atoms with Gasteiger partial charge in [0.2, 0.25) is 0 Å². The first-order chi connectivity index (χ1) is 8.69. The lowest BCUT2D eigenvalue weighted by Gasteiger charge is -2.05. The highest BCUT2D eigenvalue weighted by Crippen LogP contribution is 2.26. The highest BCUT2D eigenvalue weighted by atomic mass is 79.9. The van der Waals surface area contributed by atoms with E-state index in [9.17, 15) is 0 Å². The number of halogens is 2. The second-order valence-electron chi connectivity index (χ2n) is 3.68. The van der Waals surface area contributed by atoms with Gasteiger partial charge in [-0.25, -0.2) is 9.97 Å². The fourth-order valence-corrected chi connectivity index (χ4v) is 3.22. The van der Waals surface area contributed by atoms with Gasteiger partial charge in [-0.3, -0.25) is 0 Å². The Hall–Kier alpha value is -0.580. The lowest BCUT2D eigenvalue weighted by atomic mass is 10.2. The number of benzene rings is 1. The van der Waals surface area contributed by atoms with E-state index in [1.807, 2.05) is 37.3 Å². The van der Waals surface area contributed by atoms with Gasteiger partial charge >= 0.3 is 0 Å². The van der Waals surface area contributed by atoms with Crippen molar-refractivity contribution in [2.75, 3.05) is 0 Å². The number of hydrogen-bond acceptors (Lipinski definition) is 3. The van der Waals surface area contributed by atoms with E-state index in [1.165, 1.54) is 0 Å². The third kappa shape index (κ3) is 3.70. The van der Waals surface area contributed by atoms with Gasteiger partial charge in [-0.15, -0.1) is 11.8 Å². The summed E-state index contributed by atoms with van der Waals surface area (Å²) in [7, 11) is 0. The SMILES string of the molecule is CCc1nc(Br)cc(SCc2ccccc2Cl)n1. The second-order valence-corrected chi connectivity index (χ2v) is 5.89. The third-order valence-corrected chi connectivity index (χ3v) is 4.10. The van der Waals surface area contributed by atoms with Crippen molar-refractivity contribution in [3.63, 3.8) is 0 Å². The molecule has 0 spiro atoms. The number of thioether (sulfide) groups is 1. The molecular weight excluding hydrogens is 332 g/mol. The van der Waals surface area contributed by atoms with Gasteiger partial charge in [0.25, 0.3) is 0 Å². The van der Waals surface area contributed by atoms with Crippen LogP contribution in [0.2, 0.25) is 5.02 Å². The molecule has 1 heterocycles. The summed E-state index contributed by atoms with van der Waals surface area (Å²) in [6.45, 7) is 2.05. The summed E-state index contributed by atoms with van der Waals surface area (Å²) in [5, 5.41) is 1.77. The molecule has 0 fully saturated rings. The Labute approximate surface area is 124 Å². The van der Waals surface area contributed by atoms with Crippen molar-refractivity contribution in [1.29, 1.82) is 0 Å². The molecular formula is C13H12BrClN2S. The Morgan fingerprint density at radius 3 is 2.78 bits per heavy atom. The topological polar surface area (TPSA) is 25.8 Å². The van der Waals surface area contributed by atoms with E-state index in [-0.39, 0.29) is 0 Å². The normalized spacial score (nSPS) is 10.6. The molecule has 0 atom stereocenters. The standard InChI is InChI=1S/C13H12BrClN2S/c1-2-12-16-11(14)7-13(17-12)18-8-9-5-3-4-6-10(9)15/h3-7H,2,8H2,1H3. The fourth-order valence-electron chi connectivity index (χ4n) is 1.44. The third-order valence-electron chi connectivity index (χ3n) is 2.37. The van der Waals surface area contributed by atoms with E-state index < -0.39 is 0 Å². The molecule has 0 N–H and O–H groups in total. The van der Waals surface area contributed by atoms with Crippen LogP contribution in [0.15, 0.2) is 40.0 Å². The lowest BCUT2D eigenvalue weighted by molar-refractivity contribution is 0.877. The molecule has 1 aromatic carbocycles. The number of hydrogen-bond donors (Lipinski definition) is 0. The van der Waals surface area contributed by atoms with Gasteiger partial charge in [-0.05, 0) is 27.6 Å². The molecule has 0 saturated heterocycles. The lowest BCUT2D eigenvalue weighted by Crippen LogP contribution is -1.95. The largest absolute Gasteiger partial charge is 0.227 e. The first kappa shape index (κ1) is 13.8. The predicted octanol–water partition coefficient (Wildman–Crippen LogP) is 4.75. The highest BCUT2D eigenvalue weighted by molar-refractivity contribution is 9.10. The van der Waals surface area contributed by atoms with E-state index in [1.54, 1.807) is 11.8 Å². The van der Waals surface area contributed by atoms with Crippen molar-refractivity contribution in [2.24, 2.45) is 0 Å². The quantitative estimate of drug-likeness (QED) is 0.592. The maximum absolute atomic E-state index is 6.12. The Kier molecular flexibility index (Phi) is 5.03. The maximum atomic E-state index is 6.12. The number of aromatic nitrogens is 2. The highest BCUT2D eigenvalue weighted by Gasteiger charge is 2.04. The van der Waals surface area contributed by atoms with Crippen LogP contribution in [-0.4, -0.2) is 9.97 Å². The monoisotopic (exact) mass is 342 g/mol. The van der Waals surface area contributed by atoms with Crippen molar-refractivity contribution < 1.29 is 0 Å². The van der Waals surface area contributed by atoms with E-state index in [0.29, 0.717) is 0 Å². The van der Waals surface area contributed by atoms with Crippen LogP contribution in [0.3, 0.4) is 0 Å². The van der Waals surface area contributed by atoms with Crippen LogP contribution in [0.25, 0.3) is 0 Å². The molecule has 2 rings (SSSR count). The van der Waals surface area contributed by atoms with E-state index in [0.717, 1.165) is 38.2 Å². The Balaban J connectivity index is 2.11. The van der Waals surface area contributed by atoms with Gasteiger partial charge in [0, 0.05) is 23.3 Å². The Morgan fingerprint density at radius 2 is 2.06 bits per heavy atom. The van der Waals surface area contributed by atoms with Crippen molar-refractivity contribution in [1.82, 2.24) is 9.97 Å². The smallest absolute Gasteiger partial charge is 0.130 e. The zero-order chi connectivity index (χ0) is 13.0. The minimum Gasteiger partial charge on any atom is -0.227 e. The Bertz CT molecular complexity index is 548. The molecule has 2 nitrogen and oxygen atoms in total. The maximum Gasteiger partial charge on any atom is 0.130 e. The van der Waals surface area contributed by atoms with Crippen LogP contribution in [-0.2, 0) is 12.2 Å². The molecule has 0 aliphatic heterocycles. The molecule has 94 valence electrons. The number of rotatable bonds is 4. The van der Waals surface area contributed by atoms with Gasteiger partial charge in [-0.2, -0.15) is 0 Å². The van der Waals surface area contributed by atoms with E-state index in [4.69, 9.17) is 11.6 Å². The zero-order valence-electron chi connectivity index (χ0n) is 9.86. The van der Waals surface area contributed by atoms with Crippen LogP contribution >= 0.6 is 39.3 Å².